The predicted molar refractivity (Wildman–Crippen MR) is 96.5 cm³/mol. The van der Waals surface area contributed by atoms with Gasteiger partial charge in [0.25, 0.3) is 5.91 Å². The molecule has 24 heavy (non-hydrogen) atoms. The van der Waals surface area contributed by atoms with Gasteiger partial charge in [-0.05, 0) is 30.0 Å². The van der Waals surface area contributed by atoms with Crippen molar-refractivity contribution < 1.29 is 4.79 Å². The second-order valence-corrected chi connectivity index (χ2v) is 7.20. The molecule has 0 fully saturated rings. The fourth-order valence-electron chi connectivity index (χ4n) is 3.24. The maximum Gasteiger partial charge on any atom is 0.273 e. The molecule has 0 spiro atoms. The van der Waals surface area contributed by atoms with Gasteiger partial charge < -0.3 is 4.90 Å². The average molecular weight is 358 g/mol. The highest BCUT2D eigenvalue weighted by Crippen LogP contribution is 2.44. The summed E-state index contributed by atoms with van der Waals surface area (Å²) in [5, 5.41) is 10.1. The van der Waals surface area contributed by atoms with Gasteiger partial charge in [-0.1, -0.05) is 36.7 Å². The van der Waals surface area contributed by atoms with E-state index in [4.69, 9.17) is 11.6 Å². The van der Waals surface area contributed by atoms with Crippen LogP contribution in [0.25, 0.3) is 11.3 Å². The van der Waals surface area contributed by atoms with Crippen LogP contribution in [0.15, 0.2) is 41.8 Å². The van der Waals surface area contributed by atoms with Gasteiger partial charge in [0.1, 0.15) is 5.69 Å². The van der Waals surface area contributed by atoms with Crippen LogP contribution in [0.3, 0.4) is 0 Å². The van der Waals surface area contributed by atoms with E-state index in [9.17, 15) is 4.79 Å². The summed E-state index contributed by atoms with van der Waals surface area (Å²) < 4.78 is 0. The minimum Gasteiger partial charge on any atom is -0.325 e. The molecule has 0 saturated carbocycles. The van der Waals surface area contributed by atoms with Gasteiger partial charge >= 0.3 is 0 Å². The third-order valence-corrected chi connectivity index (χ3v) is 5.44. The first-order valence-electron chi connectivity index (χ1n) is 7.89. The Bertz CT molecular complexity index is 870. The first kappa shape index (κ1) is 15.4. The summed E-state index contributed by atoms with van der Waals surface area (Å²) in [6, 6.07) is 11.6. The number of amides is 1. The molecular weight excluding hydrogens is 342 g/mol. The zero-order valence-corrected chi connectivity index (χ0v) is 14.7. The Morgan fingerprint density at radius 1 is 1.29 bits per heavy atom. The van der Waals surface area contributed by atoms with Gasteiger partial charge in [0.15, 0.2) is 0 Å². The van der Waals surface area contributed by atoms with Crippen molar-refractivity contribution >= 4 is 28.8 Å². The van der Waals surface area contributed by atoms with Crippen LogP contribution < -0.4 is 0 Å². The first-order valence-corrected chi connectivity index (χ1v) is 9.15. The molecule has 0 unspecified atom stereocenters. The van der Waals surface area contributed by atoms with Crippen molar-refractivity contribution in [3.63, 3.8) is 0 Å². The molecule has 1 aromatic carbocycles. The number of aromatic amines is 1. The summed E-state index contributed by atoms with van der Waals surface area (Å²) in [5.74, 6) is 0.0259. The van der Waals surface area contributed by atoms with Crippen molar-refractivity contribution in [1.82, 2.24) is 15.1 Å². The molecule has 3 heterocycles. The van der Waals surface area contributed by atoms with Gasteiger partial charge in [0.05, 0.1) is 11.7 Å². The second-order valence-electron chi connectivity index (χ2n) is 5.78. The molecule has 0 bridgehead atoms. The monoisotopic (exact) mass is 357 g/mol. The molecule has 4 rings (SSSR count). The number of nitrogens with zero attached hydrogens (tertiary/aromatic N) is 2. The van der Waals surface area contributed by atoms with E-state index in [2.05, 4.69) is 23.2 Å². The number of H-pyrrole nitrogens is 1. The highest BCUT2D eigenvalue weighted by molar-refractivity contribution is 7.10. The number of carbonyl (C=O) groups is 1. The van der Waals surface area contributed by atoms with E-state index in [0.717, 1.165) is 34.7 Å². The lowest BCUT2D eigenvalue weighted by molar-refractivity contribution is 0.0746. The number of rotatable bonds is 4. The van der Waals surface area contributed by atoms with Crippen LogP contribution in [0, 0.1) is 0 Å². The number of hydrogen-bond donors (Lipinski definition) is 1. The van der Waals surface area contributed by atoms with Gasteiger partial charge in [-0.3, -0.25) is 9.89 Å². The fourth-order valence-corrected chi connectivity index (χ4v) is 4.21. The number of benzene rings is 1. The fraction of sp³-hybridized carbons (Fsp3) is 0.222. The molecule has 3 aromatic rings. The lowest BCUT2D eigenvalue weighted by Gasteiger charge is -2.24. The van der Waals surface area contributed by atoms with Crippen molar-refractivity contribution in [2.24, 2.45) is 0 Å². The summed E-state index contributed by atoms with van der Waals surface area (Å²) >= 11 is 7.67. The molecule has 122 valence electrons. The van der Waals surface area contributed by atoms with Crippen molar-refractivity contribution in [2.75, 3.05) is 6.54 Å². The summed E-state index contributed by atoms with van der Waals surface area (Å²) in [6.07, 6.45) is 0.918. The van der Waals surface area contributed by atoms with Crippen LogP contribution in [-0.4, -0.2) is 27.5 Å². The largest absolute Gasteiger partial charge is 0.325 e. The predicted octanol–water partition coefficient (Wildman–Crippen LogP) is 4.75. The zero-order valence-electron chi connectivity index (χ0n) is 13.1. The maximum atomic E-state index is 12.8. The van der Waals surface area contributed by atoms with E-state index in [0.29, 0.717) is 10.7 Å². The van der Waals surface area contributed by atoms with Crippen LogP contribution in [0.2, 0.25) is 5.02 Å². The highest BCUT2D eigenvalue weighted by Gasteiger charge is 2.42. The molecule has 0 aliphatic carbocycles. The molecule has 1 N–H and O–H groups in total. The van der Waals surface area contributed by atoms with Crippen molar-refractivity contribution in [3.05, 3.63) is 62.9 Å². The van der Waals surface area contributed by atoms with E-state index in [1.807, 2.05) is 40.6 Å². The zero-order chi connectivity index (χ0) is 16.7. The standard InChI is InChI=1S/C18H16ClN3OS/c1-2-9-22-17(13-4-3-10-24-13)14-15(20-21-16(14)18(22)23)11-5-7-12(19)8-6-11/h3-8,10,17H,2,9H2,1H3,(H,20,21)/t17-/m1/s1. The Kier molecular flexibility index (Phi) is 3.90. The molecule has 1 aliphatic rings. The maximum absolute atomic E-state index is 12.8. The van der Waals surface area contributed by atoms with E-state index in [1.54, 1.807) is 11.3 Å². The number of fused-ring (bicyclic) bond motifs is 1. The average Bonchev–Trinajstić information content (AvgIpc) is 3.29. The summed E-state index contributed by atoms with van der Waals surface area (Å²) in [7, 11) is 0. The van der Waals surface area contributed by atoms with Crippen molar-refractivity contribution in [2.45, 2.75) is 19.4 Å². The second kappa shape index (κ2) is 6.07. The smallest absolute Gasteiger partial charge is 0.273 e. The van der Waals surface area contributed by atoms with Crippen molar-refractivity contribution in [3.8, 4) is 11.3 Å². The molecule has 4 nitrogen and oxygen atoms in total. The van der Waals surface area contributed by atoms with E-state index < -0.39 is 0 Å². The number of halogens is 1. The molecule has 0 saturated heterocycles. The van der Waals surface area contributed by atoms with E-state index in [-0.39, 0.29) is 11.9 Å². The Morgan fingerprint density at radius 3 is 2.75 bits per heavy atom. The van der Waals surface area contributed by atoms with E-state index in [1.165, 1.54) is 0 Å². The third kappa shape index (κ3) is 2.36. The molecule has 1 aliphatic heterocycles. The molecular formula is C18H16ClN3OS. The molecule has 1 amide bonds. The number of hydrogen-bond acceptors (Lipinski definition) is 3. The van der Waals surface area contributed by atoms with Gasteiger partial charge in [0.2, 0.25) is 0 Å². The van der Waals surface area contributed by atoms with Crippen LogP contribution in [0.4, 0.5) is 0 Å². The SMILES string of the molecule is CCCN1C(=O)c2[nH]nc(-c3ccc(Cl)cc3)c2[C@H]1c1cccs1. The Morgan fingerprint density at radius 2 is 2.08 bits per heavy atom. The Labute approximate surface area is 149 Å². The topological polar surface area (TPSA) is 49.0 Å². The highest BCUT2D eigenvalue weighted by atomic mass is 35.5. The number of aromatic nitrogens is 2. The summed E-state index contributed by atoms with van der Waals surface area (Å²) in [5.41, 5.74) is 3.36. The third-order valence-electron chi connectivity index (χ3n) is 4.26. The molecule has 2 aromatic heterocycles. The molecule has 1 atom stereocenters. The number of nitrogens with one attached hydrogen (secondary N) is 1. The lowest BCUT2D eigenvalue weighted by Crippen LogP contribution is -2.29. The lowest BCUT2D eigenvalue weighted by atomic mass is 10.0. The van der Waals surface area contributed by atoms with Crippen LogP contribution in [-0.2, 0) is 0 Å². The van der Waals surface area contributed by atoms with Crippen LogP contribution in [0.1, 0.15) is 40.3 Å². The summed E-state index contributed by atoms with van der Waals surface area (Å²) in [4.78, 5) is 15.9. The minimum absolute atomic E-state index is 0.0259. The van der Waals surface area contributed by atoms with Gasteiger partial charge in [-0.2, -0.15) is 5.10 Å². The molecule has 6 heteroatoms. The number of thiophene rings is 1. The van der Waals surface area contributed by atoms with E-state index >= 15 is 0 Å². The first-order chi connectivity index (χ1) is 11.7. The van der Waals surface area contributed by atoms with Crippen LogP contribution in [0.5, 0.6) is 0 Å². The van der Waals surface area contributed by atoms with Gasteiger partial charge in [-0.25, -0.2) is 0 Å². The molecule has 0 radical (unpaired) electrons. The normalized spacial score (nSPS) is 16.7. The quantitative estimate of drug-likeness (QED) is 0.732. The number of carbonyl (C=O) groups excluding carboxylic acids is 1. The van der Waals surface area contributed by atoms with Gasteiger partial charge in [0, 0.05) is 27.6 Å². The minimum atomic E-state index is -0.0723. The van der Waals surface area contributed by atoms with Gasteiger partial charge in [-0.15, -0.1) is 11.3 Å². The van der Waals surface area contributed by atoms with Crippen molar-refractivity contribution in [1.29, 1.82) is 0 Å². The Hall–Kier alpha value is -2.11. The summed E-state index contributed by atoms with van der Waals surface area (Å²) in [6.45, 7) is 2.81. The Balaban J connectivity index is 1.87. The van der Waals surface area contributed by atoms with Crippen LogP contribution >= 0.6 is 22.9 Å².